The van der Waals surface area contributed by atoms with Crippen molar-refractivity contribution in [2.45, 2.75) is 6.92 Å². The van der Waals surface area contributed by atoms with Gasteiger partial charge in [-0.1, -0.05) is 5.92 Å². The molecule has 0 spiro atoms. The van der Waals surface area contributed by atoms with Crippen LogP contribution >= 0.6 is 0 Å². The average Bonchev–Trinajstić information content (AvgIpc) is 2.26. The van der Waals surface area contributed by atoms with Crippen LogP contribution in [0.25, 0.3) is 0 Å². The molecule has 88 valence electrons. The van der Waals surface area contributed by atoms with Gasteiger partial charge in [0, 0.05) is 17.6 Å². The molecule has 17 heavy (non-hydrogen) atoms. The quantitative estimate of drug-likeness (QED) is 0.272. The zero-order valence-electron chi connectivity index (χ0n) is 9.10. The van der Waals surface area contributed by atoms with Crippen molar-refractivity contribution in [1.82, 2.24) is 0 Å². The van der Waals surface area contributed by atoms with E-state index >= 15 is 0 Å². The van der Waals surface area contributed by atoms with E-state index in [1.807, 2.05) is 0 Å². The number of benzene rings is 1. The maximum Gasteiger partial charge on any atom is 0.384 e. The van der Waals surface area contributed by atoms with E-state index < -0.39 is 10.9 Å². The van der Waals surface area contributed by atoms with Crippen LogP contribution in [0, 0.1) is 22.0 Å². The monoisotopic (exact) mass is 234 g/mol. The van der Waals surface area contributed by atoms with Gasteiger partial charge < -0.3 is 10.5 Å². The van der Waals surface area contributed by atoms with Crippen molar-refractivity contribution in [2.24, 2.45) is 0 Å². The molecule has 0 saturated carbocycles. The molecule has 6 nitrogen and oxygen atoms in total. The molecule has 1 aromatic carbocycles. The first-order chi connectivity index (χ1) is 8.04. The molecule has 0 bridgehead atoms. The standard InChI is InChI=1S/C11H10N2O4/c1-2-17-11(14)6-4-8-3-5-10(13(15)16)9(12)7-8/h3,5,7H,2,12H2,1H3. The van der Waals surface area contributed by atoms with Crippen LogP contribution in [0.4, 0.5) is 11.4 Å². The highest BCUT2D eigenvalue weighted by atomic mass is 16.6. The van der Waals surface area contributed by atoms with Crippen molar-refractivity contribution in [3.63, 3.8) is 0 Å². The molecule has 0 unspecified atom stereocenters. The Bertz CT molecular complexity index is 514. The third-order valence-electron chi connectivity index (χ3n) is 1.81. The number of nitrogens with zero attached hydrogens (tertiary/aromatic N) is 1. The molecule has 2 N–H and O–H groups in total. The van der Waals surface area contributed by atoms with E-state index in [4.69, 9.17) is 5.73 Å². The summed E-state index contributed by atoms with van der Waals surface area (Å²) in [6, 6.07) is 4.00. The van der Waals surface area contributed by atoms with Crippen LogP contribution in [0.1, 0.15) is 12.5 Å². The predicted octanol–water partition coefficient (Wildman–Crippen LogP) is 1.09. The molecule has 0 amide bonds. The van der Waals surface area contributed by atoms with Gasteiger partial charge in [-0.2, -0.15) is 0 Å². The van der Waals surface area contributed by atoms with Crippen molar-refractivity contribution in [3.05, 3.63) is 33.9 Å². The van der Waals surface area contributed by atoms with Gasteiger partial charge in [0.2, 0.25) is 0 Å². The summed E-state index contributed by atoms with van der Waals surface area (Å²) >= 11 is 0. The number of hydrogen-bond acceptors (Lipinski definition) is 5. The van der Waals surface area contributed by atoms with Crippen molar-refractivity contribution >= 4 is 17.3 Å². The lowest BCUT2D eigenvalue weighted by molar-refractivity contribution is -0.383. The van der Waals surface area contributed by atoms with Crippen LogP contribution in [0.15, 0.2) is 18.2 Å². The van der Waals surface area contributed by atoms with Gasteiger partial charge in [-0.3, -0.25) is 10.1 Å². The molecular formula is C11H10N2O4. The first kappa shape index (κ1) is 12.5. The fourth-order valence-corrected chi connectivity index (χ4v) is 1.09. The van der Waals surface area contributed by atoms with E-state index in [-0.39, 0.29) is 18.0 Å². The number of esters is 1. The number of nitrogen functional groups attached to an aromatic ring is 1. The largest absolute Gasteiger partial charge is 0.456 e. The maximum atomic E-state index is 10.9. The molecule has 0 radical (unpaired) electrons. The Hall–Kier alpha value is -2.55. The zero-order chi connectivity index (χ0) is 12.8. The third-order valence-corrected chi connectivity index (χ3v) is 1.81. The third kappa shape index (κ3) is 3.50. The Morgan fingerprint density at radius 3 is 2.82 bits per heavy atom. The highest BCUT2D eigenvalue weighted by Crippen LogP contribution is 2.21. The molecule has 0 aliphatic rings. The van der Waals surface area contributed by atoms with Gasteiger partial charge in [0.25, 0.3) is 5.69 Å². The van der Waals surface area contributed by atoms with Crippen molar-refractivity contribution in [3.8, 4) is 11.8 Å². The Labute approximate surface area is 97.5 Å². The van der Waals surface area contributed by atoms with Crippen molar-refractivity contribution in [1.29, 1.82) is 0 Å². The van der Waals surface area contributed by atoms with Gasteiger partial charge in [0.15, 0.2) is 0 Å². The van der Waals surface area contributed by atoms with Crippen LogP contribution in [0.2, 0.25) is 0 Å². The minimum Gasteiger partial charge on any atom is -0.456 e. The summed E-state index contributed by atoms with van der Waals surface area (Å²) < 4.78 is 4.60. The number of rotatable bonds is 2. The van der Waals surface area contributed by atoms with E-state index in [1.165, 1.54) is 18.2 Å². The molecule has 0 heterocycles. The van der Waals surface area contributed by atoms with Crippen molar-refractivity contribution in [2.75, 3.05) is 12.3 Å². The first-order valence-corrected chi connectivity index (χ1v) is 4.77. The summed E-state index contributed by atoms with van der Waals surface area (Å²) in [5.74, 6) is 4.10. The fourth-order valence-electron chi connectivity index (χ4n) is 1.09. The van der Waals surface area contributed by atoms with Gasteiger partial charge >= 0.3 is 5.97 Å². The van der Waals surface area contributed by atoms with E-state index in [9.17, 15) is 14.9 Å². The number of carbonyl (C=O) groups excluding carboxylic acids is 1. The Morgan fingerprint density at radius 2 is 2.29 bits per heavy atom. The minimum absolute atomic E-state index is 0.00524. The summed E-state index contributed by atoms with van der Waals surface area (Å²) in [7, 11) is 0. The summed E-state index contributed by atoms with van der Waals surface area (Å²) in [6.07, 6.45) is 0. The molecule has 0 atom stereocenters. The molecular weight excluding hydrogens is 224 g/mol. The van der Waals surface area contributed by atoms with Crippen LogP contribution < -0.4 is 5.73 Å². The van der Waals surface area contributed by atoms with Gasteiger partial charge in [-0.05, 0) is 19.1 Å². The Morgan fingerprint density at radius 1 is 1.59 bits per heavy atom. The summed E-state index contributed by atoms with van der Waals surface area (Å²) in [4.78, 5) is 20.9. The number of anilines is 1. The molecule has 1 rings (SSSR count). The van der Waals surface area contributed by atoms with Crippen LogP contribution in [-0.4, -0.2) is 17.5 Å². The van der Waals surface area contributed by atoms with Gasteiger partial charge in [-0.25, -0.2) is 4.79 Å². The smallest absolute Gasteiger partial charge is 0.384 e. The second-order valence-corrected chi connectivity index (χ2v) is 3.00. The van der Waals surface area contributed by atoms with E-state index in [1.54, 1.807) is 6.92 Å². The normalized spacial score (nSPS) is 9.00. The number of nitrogens with two attached hydrogens (primary N) is 1. The zero-order valence-corrected chi connectivity index (χ0v) is 9.10. The van der Waals surface area contributed by atoms with Crippen LogP contribution in [0.5, 0.6) is 0 Å². The lowest BCUT2D eigenvalue weighted by Crippen LogP contribution is -2.00. The second-order valence-electron chi connectivity index (χ2n) is 3.00. The summed E-state index contributed by atoms with van der Waals surface area (Å²) in [5, 5.41) is 10.5. The van der Waals surface area contributed by atoms with E-state index in [0.29, 0.717) is 5.56 Å². The van der Waals surface area contributed by atoms with Crippen LogP contribution in [-0.2, 0) is 9.53 Å². The molecule has 0 saturated heterocycles. The first-order valence-electron chi connectivity index (χ1n) is 4.77. The second kappa shape index (κ2) is 5.51. The molecule has 0 fully saturated rings. The Balaban J connectivity index is 2.91. The number of carbonyl (C=O) groups is 1. The Kier molecular flexibility index (Phi) is 4.06. The molecule has 6 heteroatoms. The summed E-state index contributed by atoms with van der Waals surface area (Å²) in [6.45, 7) is 1.92. The number of hydrogen-bond donors (Lipinski definition) is 1. The number of nitro groups is 1. The van der Waals surface area contributed by atoms with E-state index in [2.05, 4.69) is 16.6 Å². The highest BCUT2D eigenvalue weighted by molar-refractivity contribution is 5.89. The minimum atomic E-state index is -0.649. The summed E-state index contributed by atoms with van der Waals surface area (Å²) in [5.41, 5.74) is 5.70. The fraction of sp³-hybridized carbons (Fsp3) is 0.182. The van der Waals surface area contributed by atoms with Gasteiger partial charge in [-0.15, -0.1) is 0 Å². The SMILES string of the molecule is CCOC(=O)C#Cc1ccc([N+](=O)[O-])c(N)c1. The topological polar surface area (TPSA) is 95.5 Å². The maximum absolute atomic E-state index is 10.9. The molecule has 0 aliphatic heterocycles. The van der Waals surface area contributed by atoms with Gasteiger partial charge in [0.1, 0.15) is 5.69 Å². The number of nitro benzene ring substituents is 1. The lowest BCUT2D eigenvalue weighted by Gasteiger charge is -1.97. The molecule has 1 aromatic rings. The van der Waals surface area contributed by atoms with Gasteiger partial charge in [0.05, 0.1) is 11.5 Å². The number of ether oxygens (including phenoxy) is 1. The lowest BCUT2D eigenvalue weighted by atomic mass is 10.2. The highest BCUT2D eigenvalue weighted by Gasteiger charge is 2.10. The van der Waals surface area contributed by atoms with Crippen molar-refractivity contribution < 1.29 is 14.5 Å². The molecule has 0 aliphatic carbocycles. The average molecular weight is 234 g/mol. The predicted molar refractivity (Wildman–Crippen MR) is 61.0 cm³/mol. The van der Waals surface area contributed by atoms with E-state index in [0.717, 1.165) is 0 Å². The molecule has 0 aromatic heterocycles. The van der Waals surface area contributed by atoms with Crippen LogP contribution in [0.3, 0.4) is 0 Å².